The Labute approximate surface area is 118 Å². The molecule has 0 aliphatic carbocycles. The number of amides is 2. The van der Waals surface area contributed by atoms with Gasteiger partial charge in [0.1, 0.15) is 12.4 Å². The summed E-state index contributed by atoms with van der Waals surface area (Å²) in [5.41, 5.74) is 0.0708. The summed E-state index contributed by atoms with van der Waals surface area (Å²) in [6.07, 6.45) is -4.36. The molecule has 1 aromatic rings. The van der Waals surface area contributed by atoms with Crippen LogP contribution in [0.15, 0.2) is 18.2 Å². The second-order valence-electron chi connectivity index (χ2n) is 3.89. The van der Waals surface area contributed by atoms with Crippen LogP contribution in [0.5, 0.6) is 0 Å². The molecule has 4 nitrogen and oxygen atoms in total. The summed E-state index contributed by atoms with van der Waals surface area (Å²) in [5.74, 6) is 4.31. The van der Waals surface area contributed by atoms with E-state index < -0.39 is 24.6 Å². The lowest BCUT2D eigenvalue weighted by Crippen LogP contribution is -2.36. The third-order valence-electron chi connectivity index (χ3n) is 2.13. The number of urea groups is 1. The van der Waals surface area contributed by atoms with Crippen molar-refractivity contribution in [2.24, 2.45) is 0 Å². The van der Waals surface area contributed by atoms with Gasteiger partial charge in [-0.05, 0) is 18.2 Å². The van der Waals surface area contributed by atoms with E-state index in [0.717, 1.165) is 6.07 Å². The molecule has 3 N–H and O–H groups in total. The van der Waals surface area contributed by atoms with Gasteiger partial charge in [-0.3, -0.25) is 0 Å². The van der Waals surface area contributed by atoms with Crippen LogP contribution >= 0.6 is 0 Å². The number of nitrogens with one attached hydrogen (secondary N) is 2. The maximum atomic E-state index is 13.4. The van der Waals surface area contributed by atoms with Crippen molar-refractivity contribution in [1.82, 2.24) is 5.32 Å². The van der Waals surface area contributed by atoms with Gasteiger partial charge in [-0.25, -0.2) is 9.18 Å². The number of rotatable bonds is 3. The molecule has 0 atom stereocenters. The number of aliphatic hydroxyl groups is 1. The Bertz CT molecular complexity index is 562. The fourth-order valence-corrected chi connectivity index (χ4v) is 1.27. The molecule has 0 unspecified atom stereocenters. The Kier molecular flexibility index (Phi) is 5.99. The summed E-state index contributed by atoms with van der Waals surface area (Å²) in [6, 6.07) is 2.35. The van der Waals surface area contributed by atoms with E-state index in [-0.39, 0.29) is 24.3 Å². The Hall–Kier alpha value is -2.27. The average molecular weight is 304 g/mol. The third kappa shape index (κ3) is 6.63. The second-order valence-corrected chi connectivity index (χ2v) is 3.89. The van der Waals surface area contributed by atoms with Gasteiger partial charge in [-0.15, -0.1) is 0 Å². The van der Waals surface area contributed by atoms with Crippen molar-refractivity contribution < 1.29 is 27.5 Å². The maximum absolute atomic E-state index is 13.4. The number of aliphatic hydroxyl groups excluding tert-OH is 1. The summed E-state index contributed by atoms with van der Waals surface area (Å²) in [5, 5.41) is 12.3. The lowest BCUT2D eigenvalue weighted by Gasteiger charge is -2.10. The molecule has 2 amide bonds. The van der Waals surface area contributed by atoms with Crippen LogP contribution in [-0.4, -0.2) is 30.5 Å². The van der Waals surface area contributed by atoms with Crippen LogP contribution in [0, 0.1) is 17.7 Å². The van der Waals surface area contributed by atoms with Crippen molar-refractivity contribution in [2.45, 2.75) is 12.6 Å². The van der Waals surface area contributed by atoms with E-state index in [1.807, 2.05) is 0 Å². The smallest absolute Gasteiger partial charge is 0.395 e. The molecule has 1 aromatic carbocycles. The normalized spacial score (nSPS) is 10.5. The van der Waals surface area contributed by atoms with Crippen LogP contribution in [0.4, 0.5) is 28.0 Å². The fraction of sp³-hybridized carbons (Fsp3) is 0.308. The van der Waals surface area contributed by atoms with Gasteiger partial charge in [0, 0.05) is 12.1 Å². The van der Waals surface area contributed by atoms with Crippen LogP contribution in [-0.2, 0) is 0 Å². The summed E-state index contributed by atoms with van der Waals surface area (Å²) < 4.78 is 49.1. The Morgan fingerprint density at radius 3 is 2.67 bits per heavy atom. The molecule has 0 saturated heterocycles. The van der Waals surface area contributed by atoms with Crippen molar-refractivity contribution in [3.8, 4) is 11.8 Å². The number of carbonyl (C=O) groups is 1. The molecule has 114 valence electrons. The molecule has 0 bridgehead atoms. The minimum absolute atomic E-state index is 0.0305. The molecule has 0 radical (unpaired) electrons. The summed E-state index contributed by atoms with van der Waals surface area (Å²) in [4.78, 5) is 11.2. The Morgan fingerprint density at radius 1 is 1.33 bits per heavy atom. The van der Waals surface area contributed by atoms with Gasteiger partial charge >= 0.3 is 12.2 Å². The van der Waals surface area contributed by atoms with Crippen LogP contribution in [0.3, 0.4) is 0 Å². The maximum Gasteiger partial charge on any atom is 0.405 e. The second kappa shape index (κ2) is 7.50. The Morgan fingerprint density at radius 2 is 2.05 bits per heavy atom. The lowest BCUT2D eigenvalue weighted by atomic mass is 10.2. The standard InChI is InChI=1S/C13H12F4N2O2/c14-11-5-4-10(7-9(11)3-1-2-6-20)19-12(21)18-8-13(15,16)17/h4-5,7,20H,2,6,8H2,(H2,18,19,21). The molecule has 0 aliphatic rings. The molecule has 0 aliphatic heterocycles. The predicted octanol–water partition coefficient (Wildman–Crippen LogP) is 2.24. The molecule has 0 spiro atoms. The van der Waals surface area contributed by atoms with E-state index in [0.29, 0.717) is 0 Å². The minimum atomic E-state index is -4.51. The number of alkyl halides is 3. The number of anilines is 1. The zero-order valence-corrected chi connectivity index (χ0v) is 10.7. The molecule has 1 rings (SSSR count). The molecular formula is C13H12F4N2O2. The number of benzene rings is 1. The van der Waals surface area contributed by atoms with E-state index in [1.54, 1.807) is 5.32 Å². The molecule has 0 fully saturated rings. The molecule has 21 heavy (non-hydrogen) atoms. The highest BCUT2D eigenvalue weighted by atomic mass is 19.4. The molecule has 8 heteroatoms. The molecular weight excluding hydrogens is 292 g/mol. The zero-order valence-electron chi connectivity index (χ0n) is 10.7. The lowest BCUT2D eigenvalue weighted by molar-refractivity contribution is -0.122. The van der Waals surface area contributed by atoms with Crippen LogP contribution in [0.25, 0.3) is 0 Å². The number of carbonyl (C=O) groups excluding carboxylic acids is 1. The average Bonchev–Trinajstić information content (AvgIpc) is 2.39. The third-order valence-corrected chi connectivity index (χ3v) is 2.13. The molecule has 0 heterocycles. The van der Waals surface area contributed by atoms with Crippen molar-refractivity contribution in [2.75, 3.05) is 18.5 Å². The number of hydrogen-bond donors (Lipinski definition) is 3. The quantitative estimate of drug-likeness (QED) is 0.592. The fourth-order valence-electron chi connectivity index (χ4n) is 1.27. The first kappa shape index (κ1) is 16.8. The molecule has 0 saturated carbocycles. The summed E-state index contributed by atoms with van der Waals surface area (Å²) in [7, 11) is 0. The van der Waals surface area contributed by atoms with Gasteiger partial charge < -0.3 is 15.7 Å². The van der Waals surface area contributed by atoms with E-state index in [2.05, 4.69) is 17.2 Å². The number of hydrogen-bond acceptors (Lipinski definition) is 2. The van der Waals surface area contributed by atoms with E-state index in [1.165, 1.54) is 12.1 Å². The monoisotopic (exact) mass is 304 g/mol. The van der Waals surface area contributed by atoms with Crippen molar-refractivity contribution in [1.29, 1.82) is 0 Å². The van der Waals surface area contributed by atoms with Gasteiger partial charge in [0.2, 0.25) is 0 Å². The van der Waals surface area contributed by atoms with Gasteiger partial charge in [-0.2, -0.15) is 13.2 Å². The van der Waals surface area contributed by atoms with Crippen molar-refractivity contribution in [3.05, 3.63) is 29.6 Å². The SMILES string of the molecule is O=C(NCC(F)(F)F)Nc1ccc(F)c(C#CCCO)c1. The van der Waals surface area contributed by atoms with Gasteiger partial charge in [-0.1, -0.05) is 11.8 Å². The highest BCUT2D eigenvalue weighted by Crippen LogP contribution is 2.15. The predicted molar refractivity (Wildman–Crippen MR) is 68.1 cm³/mol. The minimum Gasteiger partial charge on any atom is -0.395 e. The van der Waals surface area contributed by atoms with Crippen LogP contribution < -0.4 is 10.6 Å². The van der Waals surface area contributed by atoms with Crippen LogP contribution in [0.2, 0.25) is 0 Å². The first-order valence-corrected chi connectivity index (χ1v) is 5.82. The summed E-state index contributed by atoms with van der Waals surface area (Å²) in [6.45, 7) is -1.64. The first-order chi connectivity index (χ1) is 9.81. The van der Waals surface area contributed by atoms with Crippen LogP contribution in [0.1, 0.15) is 12.0 Å². The Balaban J connectivity index is 2.70. The molecule has 0 aromatic heterocycles. The van der Waals surface area contributed by atoms with Crippen molar-refractivity contribution >= 4 is 11.7 Å². The summed E-state index contributed by atoms with van der Waals surface area (Å²) >= 11 is 0. The van der Waals surface area contributed by atoms with Gasteiger partial charge in [0.05, 0.1) is 12.2 Å². The topological polar surface area (TPSA) is 61.4 Å². The van der Waals surface area contributed by atoms with E-state index >= 15 is 0 Å². The van der Waals surface area contributed by atoms with Crippen molar-refractivity contribution in [3.63, 3.8) is 0 Å². The first-order valence-electron chi connectivity index (χ1n) is 5.82. The zero-order chi connectivity index (χ0) is 15.9. The van der Waals surface area contributed by atoms with E-state index in [4.69, 9.17) is 5.11 Å². The van der Waals surface area contributed by atoms with E-state index in [9.17, 15) is 22.4 Å². The van der Waals surface area contributed by atoms with Gasteiger partial charge in [0.15, 0.2) is 0 Å². The number of halogens is 4. The highest BCUT2D eigenvalue weighted by Gasteiger charge is 2.27. The van der Waals surface area contributed by atoms with Gasteiger partial charge in [0.25, 0.3) is 0 Å². The highest BCUT2D eigenvalue weighted by molar-refractivity contribution is 5.89. The largest absolute Gasteiger partial charge is 0.405 e.